The molecule has 1 N–H and O–H groups in total. The maximum atomic E-state index is 11.3. The first-order chi connectivity index (χ1) is 7.36. The Kier molecular flexibility index (Phi) is 3.64. The molecule has 0 spiro atoms. The van der Waals surface area contributed by atoms with Crippen LogP contribution in [0.25, 0.3) is 0 Å². The van der Waals surface area contributed by atoms with Crippen LogP contribution in [0.15, 0.2) is 30.3 Å². The minimum atomic E-state index is -0.0290. The highest BCUT2D eigenvalue weighted by molar-refractivity contribution is 8.14. The van der Waals surface area contributed by atoms with Gasteiger partial charge in [0.1, 0.15) is 5.75 Å². The molecule has 3 nitrogen and oxygen atoms in total. The number of nitrogens with one attached hydrogen (secondary N) is 1. The fourth-order valence-electron chi connectivity index (χ4n) is 1.43. The first-order valence-electron chi connectivity index (χ1n) is 4.94. The molecule has 0 aliphatic carbocycles. The molecule has 4 heteroatoms. The fourth-order valence-corrected chi connectivity index (χ4v) is 2.26. The molecule has 1 aliphatic rings. The van der Waals surface area contributed by atoms with Gasteiger partial charge in [0.25, 0.3) is 0 Å². The quantitative estimate of drug-likeness (QED) is 0.842. The molecule has 1 aromatic rings. The largest absolute Gasteiger partial charge is 0.494 e. The molecule has 15 heavy (non-hydrogen) atoms. The zero-order valence-corrected chi connectivity index (χ0v) is 9.13. The lowest BCUT2D eigenvalue weighted by Gasteiger charge is -2.09. The Balaban J connectivity index is 1.73. The van der Waals surface area contributed by atoms with E-state index in [9.17, 15) is 4.79 Å². The van der Waals surface area contributed by atoms with Crippen molar-refractivity contribution in [3.05, 3.63) is 30.3 Å². The molecular formula is C11H13NO2S. The summed E-state index contributed by atoms with van der Waals surface area (Å²) in [5.74, 6) is 1.59. The first-order valence-corrected chi connectivity index (χ1v) is 5.93. The predicted molar refractivity (Wildman–Crippen MR) is 60.9 cm³/mol. The Morgan fingerprint density at radius 2 is 2.20 bits per heavy atom. The molecule has 1 heterocycles. The number of thioether (sulfide) groups is 1. The van der Waals surface area contributed by atoms with Gasteiger partial charge in [0.05, 0.1) is 18.5 Å². The second kappa shape index (κ2) is 5.19. The van der Waals surface area contributed by atoms with Crippen LogP contribution in [-0.2, 0) is 4.79 Å². The summed E-state index contributed by atoms with van der Waals surface area (Å²) in [6, 6.07) is 9.62. The van der Waals surface area contributed by atoms with E-state index in [4.69, 9.17) is 4.74 Å². The van der Waals surface area contributed by atoms with Crippen LogP contribution in [0.4, 0.5) is 0 Å². The summed E-state index contributed by atoms with van der Waals surface area (Å²) in [6.45, 7) is 0.577. The van der Waals surface area contributed by atoms with Gasteiger partial charge in [-0.15, -0.1) is 0 Å². The Morgan fingerprint density at radius 1 is 1.40 bits per heavy atom. The molecule has 1 fully saturated rings. The van der Waals surface area contributed by atoms with Gasteiger partial charge in [0.2, 0.25) is 5.12 Å². The lowest BCUT2D eigenvalue weighted by molar-refractivity contribution is -0.112. The van der Waals surface area contributed by atoms with E-state index in [0.29, 0.717) is 6.61 Å². The van der Waals surface area contributed by atoms with E-state index >= 15 is 0 Å². The molecule has 0 bridgehead atoms. The van der Waals surface area contributed by atoms with E-state index in [2.05, 4.69) is 5.32 Å². The summed E-state index contributed by atoms with van der Waals surface area (Å²) < 4.78 is 5.51. The standard InChI is InChI=1S/C11H13NO2S/c13-11-10(12-8-15-11)6-7-14-9-4-2-1-3-5-9/h1-5,10,12H,6-8H2. The van der Waals surface area contributed by atoms with Gasteiger partial charge < -0.3 is 4.74 Å². The van der Waals surface area contributed by atoms with Gasteiger partial charge in [-0.1, -0.05) is 30.0 Å². The minimum absolute atomic E-state index is 0.0290. The van der Waals surface area contributed by atoms with E-state index in [1.165, 1.54) is 11.8 Å². The summed E-state index contributed by atoms with van der Waals surface area (Å²) in [7, 11) is 0. The predicted octanol–water partition coefficient (Wildman–Crippen LogP) is 1.64. The Morgan fingerprint density at radius 3 is 2.87 bits per heavy atom. The second-order valence-corrected chi connectivity index (χ2v) is 4.29. The molecule has 1 atom stereocenters. The molecular weight excluding hydrogens is 210 g/mol. The van der Waals surface area contributed by atoms with Crippen molar-refractivity contribution in [2.45, 2.75) is 12.5 Å². The molecule has 1 unspecified atom stereocenters. The van der Waals surface area contributed by atoms with Crippen molar-refractivity contribution < 1.29 is 9.53 Å². The maximum Gasteiger partial charge on any atom is 0.207 e. The van der Waals surface area contributed by atoms with Gasteiger partial charge >= 0.3 is 0 Å². The normalized spacial score (nSPS) is 20.5. The molecule has 0 saturated carbocycles. The third-order valence-electron chi connectivity index (χ3n) is 2.25. The van der Waals surface area contributed by atoms with Crippen molar-refractivity contribution in [2.24, 2.45) is 0 Å². The zero-order valence-electron chi connectivity index (χ0n) is 8.31. The van der Waals surface area contributed by atoms with E-state index < -0.39 is 0 Å². The molecule has 1 aliphatic heterocycles. The minimum Gasteiger partial charge on any atom is -0.494 e. The van der Waals surface area contributed by atoms with Crippen molar-refractivity contribution in [3.8, 4) is 5.75 Å². The topological polar surface area (TPSA) is 38.3 Å². The van der Waals surface area contributed by atoms with Gasteiger partial charge in [0, 0.05) is 6.42 Å². The average molecular weight is 223 g/mol. The summed E-state index contributed by atoms with van der Waals surface area (Å²) in [6.07, 6.45) is 0.737. The molecule has 0 radical (unpaired) electrons. The van der Waals surface area contributed by atoms with Crippen LogP contribution in [-0.4, -0.2) is 23.6 Å². The van der Waals surface area contributed by atoms with Crippen LogP contribution in [0.1, 0.15) is 6.42 Å². The lowest BCUT2D eigenvalue weighted by atomic mass is 10.2. The highest BCUT2D eigenvalue weighted by Gasteiger charge is 2.23. The van der Waals surface area contributed by atoms with E-state index in [0.717, 1.165) is 18.0 Å². The number of para-hydroxylation sites is 1. The molecule has 80 valence electrons. The Hall–Kier alpha value is -1.00. The number of hydrogen-bond donors (Lipinski definition) is 1. The molecule has 2 rings (SSSR count). The van der Waals surface area contributed by atoms with E-state index in [-0.39, 0.29) is 11.2 Å². The lowest BCUT2D eigenvalue weighted by Crippen LogP contribution is -2.28. The number of rotatable bonds is 4. The fraction of sp³-hybridized carbons (Fsp3) is 0.364. The second-order valence-electron chi connectivity index (χ2n) is 3.31. The van der Waals surface area contributed by atoms with Gasteiger partial charge in [0.15, 0.2) is 0 Å². The number of carbonyl (C=O) groups is 1. The molecule has 1 saturated heterocycles. The number of ether oxygens (including phenoxy) is 1. The summed E-state index contributed by atoms with van der Waals surface area (Å²) in [5, 5.41) is 3.35. The smallest absolute Gasteiger partial charge is 0.207 e. The van der Waals surface area contributed by atoms with Crippen molar-refractivity contribution in [1.82, 2.24) is 5.32 Å². The summed E-state index contributed by atoms with van der Waals surface area (Å²) in [4.78, 5) is 11.3. The van der Waals surface area contributed by atoms with Crippen molar-refractivity contribution >= 4 is 16.9 Å². The van der Waals surface area contributed by atoms with Crippen LogP contribution >= 0.6 is 11.8 Å². The van der Waals surface area contributed by atoms with Crippen LogP contribution in [0.5, 0.6) is 5.75 Å². The highest BCUT2D eigenvalue weighted by atomic mass is 32.2. The van der Waals surface area contributed by atoms with Crippen molar-refractivity contribution in [2.75, 3.05) is 12.5 Å². The van der Waals surface area contributed by atoms with E-state index in [1.807, 2.05) is 30.3 Å². The molecule has 0 aromatic heterocycles. The third-order valence-corrected chi connectivity index (χ3v) is 3.13. The number of carbonyl (C=O) groups excluding carboxylic acids is 1. The van der Waals surface area contributed by atoms with Crippen LogP contribution < -0.4 is 10.1 Å². The third kappa shape index (κ3) is 2.97. The number of benzene rings is 1. The van der Waals surface area contributed by atoms with Gasteiger partial charge in [-0.05, 0) is 12.1 Å². The van der Waals surface area contributed by atoms with Crippen LogP contribution in [0, 0.1) is 0 Å². The van der Waals surface area contributed by atoms with Gasteiger partial charge in [-0.25, -0.2) is 0 Å². The average Bonchev–Trinajstić information content (AvgIpc) is 2.66. The Bertz CT molecular complexity index is 329. The maximum absolute atomic E-state index is 11.3. The Labute approximate surface area is 93.2 Å². The van der Waals surface area contributed by atoms with E-state index in [1.54, 1.807) is 0 Å². The van der Waals surface area contributed by atoms with Crippen molar-refractivity contribution in [1.29, 1.82) is 0 Å². The monoisotopic (exact) mass is 223 g/mol. The first kappa shape index (κ1) is 10.5. The van der Waals surface area contributed by atoms with Crippen LogP contribution in [0.2, 0.25) is 0 Å². The zero-order chi connectivity index (χ0) is 10.5. The molecule has 1 aromatic carbocycles. The van der Waals surface area contributed by atoms with Gasteiger partial charge in [-0.3, -0.25) is 10.1 Å². The highest BCUT2D eigenvalue weighted by Crippen LogP contribution is 2.15. The SMILES string of the molecule is O=C1SCNC1CCOc1ccccc1. The van der Waals surface area contributed by atoms with Crippen LogP contribution in [0.3, 0.4) is 0 Å². The summed E-state index contributed by atoms with van der Waals surface area (Å²) in [5.41, 5.74) is 0. The van der Waals surface area contributed by atoms with Gasteiger partial charge in [-0.2, -0.15) is 0 Å². The number of hydrogen-bond acceptors (Lipinski definition) is 4. The summed E-state index contributed by atoms with van der Waals surface area (Å²) >= 11 is 1.35. The van der Waals surface area contributed by atoms with Crippen molar-refractivity contribution in [3.63, 3.8) is 0 Å². The molecule has 0 amide bonds.